The van der Waals surface area contributed by atoms with Crippen LogP contribution in [0, 0.1) is 5.92 Å². The molecule has 1 aliphatic carbocycles. The van der Waals surface area contributed by atoms with Gasteiger partial charge in [0.25, 0.3) is 0 Å². The van der Waals surface area contributed by atoms with E-state index in [9.17, 15) is 5.11 Å². The molecule has 0 spiro atoms. The fourth-order valence-electron chi connectivity index (χ4n) is 3.23. The van der Waals surface area contributed by atoms with E-state index in [1.54, 1.807) is 12.2 Å². The molecule has 1 saturated carbocycles. The van der Waals surface area contributed by atoms with Crippen LogP contribution in [-0.2, 0) is 0 Å². The summed E-state index contributed by atoms with van der Waals surface area (Å²) in [4.78, 5) is 8.85. The van der Waals surface area contributed by atoms with Gasteiger partial charge in [0, 0.05) is 22.6 Å². The lowest BCUT2D eigenvalue weighted by molar-refractivity contribution is 0.512. The van der Waals surface area contributed by atoms with Gasteiger partial charge in [0.15, 0.2) is 17.5 Å². The standard InChI is InChI=1S/C19H15ClN6O/c20-14-9-22-17-12-4-2-1-3-11(12)15(27)8-7-13-16(10-5-6-10)24-25-18(13)26(21)19(14)23-17/h1-4,7-10,27H,5-6,21H2. The predicted molar refractivity (Wildman–Crippen MR) is 105 cm³/mol. The topological polar surface area (TPSA) is 100.0 Å². The molecule has 1 aromatic carbocycles. The summed E-state index contributed by atoms with van der Waals surface area (Å²) in [6.07, 6.45) is 7.07. The molecule has 0 saturated heterocycles. The molecule has 27 heavy (non-hydrogen) atoms. The van der Waals surface area contributed by atoms with Gasteiger partial charge in [0.2, 0.25) is 0 Å². The third-order valence-corrected chi connectivity index (χ3v) is 5.03. The number of allylic oxidation sites excluding steroid dienone is 2. The maximum absolute atomic E-state index is 10.7. The molecule has 0 radical (unpaired) electrons. The Morgan fingerprint density at radius 3 is 2.67 bits per heavy atom. The maximum atomic E-state index is 10.7. The van der Waals surface area contributed by atoms with Crippen LogP contribution >= 0.6 is 11.6 Å². The van der Waals surface area contributed by atoms with Crippen molar-refractivity contribution < 1.29 is 5.11 Å². The van der Waals surface area contributed by atoms with Crippen LogP contribution in [-0.4, -0.2) is 26.6 Å². The van der Waals surface area contributed by atoms with E-state index in [1.165, 1.54) is 11.2 Å². The first-order chi connectivity index (χ1) is 13.1. The Hall–Kier alpha value is -3.03. The first-order valence-corrected chi connectivity index (χ1v) is 8.95. The number of hydrogen-bond donors (Lipinski definition) is 2. The van der Waals surface area contributed by atoms with E-state index in [-0.39, 0.29) is 5.76 Å². The van der Waals surface area contributed by atoms with E-state index in [0.717, 1.165) is 24.1 Å². The number of hydrazine groups is 1. The highest BCUT2D eigenvalue weighted by atomic mass is 35.5. The van der Waals surface area contributed by atoms with Crippen LogP contribution in [0.5, 0.6) is 0 Å². The highest BCUT2D eigenvalue weighted by molar-refractivity contribution is 6.35. The number of halogens is 1. The molecule has 3 heterocycles. The molecule has 2 aliphatic heterocycles. The number of rotatable bonds is 1. The molecule has 0 unspecified atom stereocenters. The number of fused-ring (bicyclic) bond motifs is 5. The highest BCUT2D eigenvalue weighted by Crippen LogP contribution is 2.37. The Morgan fingerprint density at radius 2 is 1.89 bits per heavy atom. The molecule has 0 amide bonds. The largest absolute Gasteiger partial charge is 0.507 e. The Labute approximate surface area is 160 Å². The number of aliphatic hydroxyl groups excluding tert-OH is 1. The van der Waals surface area contributed by atoms with Gasteiger partial charge >= 0.3 is 0 Å². The van der Waals surface area contributed by atoms with Crippen LogP contribution < -0.4 is 10.9 Å². The van der Waals surface area contributed by atoms with Crippen LogP contribution in [0.1, 0.15) is 18.4 Å². The van der Waals surface area contributed by atoms with Gasteiger partial charge in [-0.2, -0.15) is 5.10 Å². The van der Waals surface area contributed by atoms with Gasteiger partial charge in [-0.25, -0.2) is 20.8 Å². The van der Waals surface area contributed by atoms with E-state index in [0.29, 0.717) is 39.5 Å². The number of benzene rings is 1. The average molecular weight is 379 g/mol. The number of anilines is 1. The SMILES string of the molecule is NN1C2=NN=C(C3CC3)C2=CC=C(O)c2ccccc2-c2ncc(Cl)c1n2. The molecule has 3 N–H and O–H groups in total. The zero-order valence-corrected chi connectivity index (χ0v) is 14.9. The van der Waals surface area contributed by atoms with Crippen LogP contribution in [0.25, 0.3) is 17.1 Å². The number of nitrogens with zero attached hydrogens (tertiary/aromatic N) is 5. The second-order valence-electron chi connectivity index (χ2n) is 6.60. The van der Waals surface area contributed by atoms with Crippen LogP contribution in [0.2, 0.25) is 5.02 Å². The van der Waals surface area contributed by atoms with Crippen molar-refractivity contribution in [3.05, 3.63) is 58.8 Å². The minimum Gasteiger partial charge on any atom is -0.507 e. The zero-order chi connectivity index (χ0) is 18.5. The van der Waals surface area contributed by atoms with Crippen molar-refractivity contribution >= 4 is 34.7 Å². The maximum Gasteiger partial charge on any atom is 0.180 e. The Balaban J connectivity index is 1.77. The third-order valence-electron chi connectivity index (χ3n) is 4.77. The van der Waals surface area contributed by atoms with Crippen molar-refractivity contribution in [2.75, 3.05) is 5.01 Å². The smallest absolute Gasteiger partial charge is 0.180 e. The number of amidine groups is 1. The lowest BCUT2D eigenvalue weighted by Crippen LogP contribution is -2.40. The molecule has 0 atom stereocenters. The van der Waals surface area contributed by atoms with Crippen molar-refractivity contribution in [3.8, 4) is 11.4 Å². The van der Waals surface area contributed by atoms with Gasteiger partial charge in [-0.05, 0) is 25.0 Å². The molecule has 2 bridgehead atoms. The van der Waals surface area contributed by atoms with Crippen molar-refractivity contribution in [3.63, 3.8) is 0 Å². The van der Waals surface area contributed by atoms with Crippen molar-refractivity contribution in [2.45, 2.75) is 12.8 Å². The molecule has 1 aromatic heterocycles. The summed E-state index contributed by atoms with van der Waals surface area (Å²) in [5, 5.41) is 20.9. The lowest BCUT2D eigenvalue weighted by atomic mass is 10.0. The minimum atomic E-state index is 0.102. The summed E-state index contributed by atoms with van der Waals surface area (Å²) < 4.78 is 0. The van der Waals surface area contributed by atoms with Crippen LogP contribution in [0.15, 0.2) is 58.4 Å². The second-order valence-corrected chi connectivity index (χ2v) is 7.00. The highest BCUT2D eigenvalue weighted by Gasteiger charge is 2.36. The minimum absolute atomic E-state index is 0.102. The monoisotopic (exact) mass is 378 g/mol. The van der Waals surface area contributed by atoms with E-state index in [1.807, 2.05) is 24.3 Å². The lowest BCUT2D eigenvalue weighted by Gasteiger charge is -2.19. The van der Waals surface area contributed by atoms with Crippen LogP contribution in [0.4, 0.5) is 5.82 Å². The van der Waals surface area contributed by atoms with Gasteiger partial charge in [-0.15, -0.1) is 5.10 Å². The first-order valence-electron chi connectivity index (χ1n) is 8.58. The van der Waals surface area contributed by atoms with Gasteiger partial charge in [0.1, 0.15) is 10.8 Å². The second kappa shape index (κ2) is 6.00. The molecule has 3 aliphatic rings. The summed E-state index contributed by atoms with van der Waals surface area (Å²) in [6, 6.07) is 7.36. The number of hydrogen-bond acceptors (Lipinski definition) is 7. The number of aliphatic hydroxyl groups is 1. The Kier molecular flexibility index (Phi) is 3.60. The predicted octanol–water partition coefficient (Wildman–Crippen LogP) is 3.49. The van der Waals surface area contributed by atoms with E-state index < -0.39 is 0 Å². The molecule has 134 valence electrons. The molecule has 5 rings (SSSR count). The van der Waals surface area contributed by atoms with Crippen molar-refractivity contribution in [2.24, 2.45) is 22.0 Å². The summed E-state index contributed by atoms with van der Waals surface area (Å²) in [6.45, 7) is 0. The Bertz CT molecular complexity index is 1080. The quantitative estimate of drug-likeness (QED) is 0.740. The van der Waals surface area contributed by atoms with E-state index in [2.05, 4.69) is 20.2 Å². The zero-order valence-electron chi connectivity index (χ0n) is 14.2. The summed E-state index contributed by atoms with van der Waals surface area (Å²) in [7, 11) is 0. The summed E-state index contributed by atoms with van der Waals surface area (Å²) >= 11 is 6.32. The third kappa shape index (κ3) is 2.63. The molecule has 1 fully saturated rings. The van der Waals surface area contributed by atoms with Gasteiger partial charge in [0.05, 0.1) is 11.9 Å². The Morgan fingerprint density at radius 1 is 1.11 bits per heavy atom. The molecule has 7 nitrogen and oxygen atoms in total. The van der Waals surface area contributed by atoms with E-state index >= 15 is 0 Å². The first kappa shape index (κ1) is 16.2. The van der Waals surface area contributed by atoms with E-state index in [4.69, 9.17) is 17.4 Å². The fourth-order valence-corrected chi connectivity index (χ4v) is 3.41. The van der Waals surface area contributed by atoms with Gasteiger partial charge in [-0.1, -0.05) is 35.9 Å². The van der Waals surface area contributed by atoms with Gasteiger partial charge in [-0.3, -0.25) is 0 Å². The van der Waals surface area contributed by atoms with Crippen LogP contribution in [0.3, 0.4) is 0 Å². The van der Waals surface area contributed by atoms with Crippen molar-refractivity contribution in [1.29, 1.82) is 0 Å². The molecule has 8 heteroatoms. The normalized spacial score (nSPS) is 18.5. The van der Waals surface area contributed by atoms with Crippen molar-refractivity contribution in [1.82, 2.24) is 9.97 Å². The average Bonchev–Trinajstić information content (AvgIpc) is 3.45. The molecular weight excluding hydrogens is 364 g/mol. The molecular formula is C19H15ClN6O. The number of aromatic nitrogens is 2. The number of nitrogens with two attached hydrogens (primary N) is 1. The fraction of sp³-hybridized carbons (Fsp3) is 0.158. The summed E-state index contributed by atoms with van der Waals surface area (Å²) in [5.41, 5.74) is 2.94. The summed E-state index contributed by atoms with van der Waals surface area (Å²) in [5.74, 6) is 7.99. The molecule has 2 aromatic rings. The van der Waals surface area contributed by atoms with Gasteiger partial charge < -0.3 is 5.11 Å².